The molecule has 5 nitrogen and oxygen atoms in total. The first kappa shape index (κ1) is 20.2. The molecule has 1 aromatic heterocycles. The molecule has 1 atom stereocenters. The maximum Gasteiger partial charge on any atom is 0.251 e. The minimum Gasteiger partial charge on any atom is -0.348 e. The minimum atomic E-state index is -0.116. The van der Waals surface area contributed by atoms with Crippen molar-refractivity contribution in [1.29, 1.82) is 0 Å². The minimum absolute atomic E-state index is 0.00450. The van der Waals surface area contributed by atoms with E-state index in [1.807, 2.05) is 59.5 Å². The van der Waals surface area contributed by atoms with Gasteiger partial charge in [-0.2, -0.15) is 0 Å². The maximum absolute atomic E-state index is 12.4. The van der Waals surface area contributed by atoms with Crippen LogP contribution in [0.2, 0.25) is 0 Å². The quantitative estimate of drug-likeness (QED) is 0.635. The second kappa shape index (κ2) is 9.59. The topological polar surface area (TPSA) is 62.3 Å². The molecule has 0 aliphatic carbocycles. The lowest BCUT2D eigenvalue weighted by molar-refractivity contribution is -0.128. The molecule has 3 aromatic rings. The molecule has 0 bridgehead atoms. The molecular formula is C24H23N3O2S. The Morgan fingerprint density at radius 2 is 1.73 bits per heavy atom. The van der Waals surface area contributed by atoms with Crippen LogP contribution < -0.4 is 5.32 Å². The van der Waals surface area contributed by atoms with E-state index in [-0.39, 0.29) is 17.2 Å². The fourth-order valence-electron chi connectivity index (χ4n) is 3.45. The van der Waals surface area contributed by atoms with Crippen molar-refractivity contribution in [3.63, 3.8) is 0 Å². The van der Waals surface area contributed by atoms with E-state index in [1.165, 1.54) is 5.56 Å². The van der Waals surface area contributed by atoms with E-state index < -0.39 is 0 Å². The summed E-state index contributed by atoms with van der Waals surface area (Å²) in [5.41, 5.74) is 3.88. The van der Waals surface area contributed by atoms with Gasteiger partial charge < -0.3 is 10.2 Å². The van der Waals surface area contributed by atoms with E-state index in [1.54, 1.807) is 24.2 Å². The highest BCUT2D eigenvalue weighted by molar-refractivity contribution is 8.00. The Hall–Kier alpha value is -3.12. The molecule has 4 rings (SSSR count). The molecule has 152 valence electrons. The predicted octanol–water partition coefficient (Wildman–Crippen LogP) is 3.83. The van der Waals surface area contributed by atoms with Gasteiger partial charge in [0.2, 0.25) is 5.91 Å². The highest BCUT2D eigenvalue weighted by Crippen LogP contribution is 2.38. The molecule has 1 N–H and O–H groups in total. The molecule has 2 amide bonds. The van der Waals surface area contributed by atoms with Crippen molar-refractivity contribution in [1.82, 2.24) is 15.2 Å². The molecule has 6 heteroatoms. The normalized spacial score (nSPS) is 15.9. The number of nitrogens with one attached hydrogen (secondary N) is 1. The first-order valence-corrected chi connectivity index (χ1v) is 11.0. The Labute approximate surface area is 180 Å². The molecule has 0 saturated carbocycles. The Balaban J connectivity index is 1.38. The van der Waals surface area contributed by atoms with Gasteiger partial charge in [-0.25, -0.2) is 0 Å². The van der Waals surface area contributed by atoms with Crippen molar-refractivity contribution in [3.8, 4) is 0 Å². The van der Waals surface area contributed by atoms with Crippen LogP contribution in [0, 0.1) is 0 Å². The molecule has 0 radical (unpaired) electrons. The fourth-order valence-corrected chi connectivity index (χ4v) is 4.67. The van der Waals surface area contributed by atoms with Crippen LogP contribution in [0.3, 0.4) is 0 Å². The molecule has 2 aromatic carbocycles. The van der Waals surface area contributed by atoms with Gasteiger partial charge in [0, 0.05) is 31.0 Å². The third kappa shape index (κ3) is 4.89. The number of carbonyl (C=O) groups is 2. The standard InChI is InChI=1S/C24H23N3O2S/c28-22-17-30-24(27(22)15-12-18-4-2-1-3-5-18)21-8-6-20(7-9-21)23(29)26-16-19-10-13-25-14-11-19/h1-11,13-14,24H,12,15-17H2,(H,26,29)/t24-/m1/s1. The number of pyridine rings is 1. The van der Waals surface area contributed by atoms with Gasteiger partial charge in [0.05, 0.1) is 5.75 Å². The number of rotatable bonds is 7. The molecular weight excluding hydrogens is 394 g/mol. The highest BCUT2D eigenvalue weighted by atomic mass is 32.2. The number of hydrogen-bond donors (Lipinski definition) is 1. The molecule has 0 spiro atoms. The van der Waals surface area contributed by atoms with Crippen LogP contribution >= 0.6 is 11.8 Å². The van der Waals surface area contributed by atoms with E-state index in [4.69, 9.17) is 0 Å². The average molecular weight is 418 g/mol. The molecule has 2 heterocycles. The van der Waals surface area contributed by atoms with Gasteiger partial charge >= 0.3 is 0 Å². The summed E-state index contributed by atoms with van der Waals surface area (Å²) in [5, 5.41) is 2.92. The average Bonchev–Trinajstić information content (AvgIpc) is 3.18. The van der Waals surface area contributed by atoms with Crippen LogP contribution in [0.5, 0.6) is 0 Å². The van der Waals surface area contributed by atoms with Gasteiger partial charge in [0.15, 0.2) is 0 Å². The number of aromatic nitrogens is 1. The van der Waals surface area contributed by atoms with Gasteiger partial charge in [-0.15, -0.1) is 11.8 Å². The summed E-state index contributed by atoms with van der Waals surface area (Å²) in [4.78, 5) is 30.8. The summed E-state index contributed by atoms with van der Waals surface area (Å²) in [6.45, 7) is 1.15. The Kier molecular flexibility index (Phi) is 6.44. The Morgan fingerprint density at radius 1 is 1.00 bits per heavy atom. The SMILES string of the molecule is O=C(NCc1ccncc1)c1ccc([C@H]2SCC(=O)N2CCc2ccccc2)cc1. The Morgan fingerprint density at radius 3 is 2.47 bits per heavy atom. The summed E-state index contributed by atoms with van der Waals surface area (Å²) < 4.78 is 0. The van der Waals surface area contributed by atoms with E-state index in [0.717, 1.165) is 17.5 Å². The first-order chi connectivity index (χ1) is 14.7. The van der Waals surface area contributed by atoms with Crippen molar-refractivity contribution in [3.05, 3.63) is 101 Å². The maximum atomic E-state index is 12.4. The lowest BCUT2D eigenvalue weighted by Crippen LogP contribution is -2.30. The molecule has 1 aliphatic heterocycles. The van der Waals surface area contributed by atoms with Crippen molar-refractivity contribution >= 4 is 23.6 Å². The summed E-state index contributed by atoms with van der Waals surface area (Å²) in [6.07, 6.45) is 4.25. The lowest BCUT2D eigenvalue weighted by atomic mass is 10.1. The monoisotopic (exact) mass is 417 g/mol. The van der Waals surface area contributed by atoms with Crippen LogP contribution in [0.4, 0.5) is 0 Å². The number of hydrogen-bond acceptors (Lipinski definition) is 4. The smallest absolute Gasteiger partial charge is 0.251 e. The third-order valence-corrected chi connectivity index (χ3v) is 6.37. The van der Waals surface area contributed by atoms with Crippen LogP contribution in [0.25, 0.3) is 0 Å². The summed E-state index contributed by atoms with van der Waals surface area (Å²) >= 11 is 1.64. The number of carbonyl (C=O) groups excluding carboxylic acids is 2. The van der Waals surface area contributed by atoms with Crippen LogP contribution in [0.1, 0.15) is 32.4 Å². The van der Waals surface area contributed by atoms with Crippen molar-refractivity contribution < 1.29 is 9.59 Å². The molecule has 1 aliphatic rings. The number of thioether (sulfide) groups is 1. The third-order valence-electron chi connectivity index (χ3n) is 5.11. The van der Waals surface area contributed by atoms with E-state index in [2.05, 4.69) is 22.4 Å². The zero-order valence-corrected chi connectivity index (χ0v) is 17.3. The number of nitrogens with zero attached hydrogens (tertiary/aromatic N) is 2. The number of benzene rings is 2. The molecule has 0 unspecified atom stereocenters. The lowest BCUT2D eigenvalue weighted by Gasteiger charge is -2.24. The van der Waals surface area contributed by atoms with Crippen LogP contribution in [0.15, 0.2) is 79.1 Å². The first-order valence-electron chi connectivity index (χ1n) is 9.93. The molecule has 1 fully saturated rings. The van der Waals surface area contributed by atoms with Crippen molar-refractivity contribution in [2.75, 3.05) is 12.3 Å². The van der Waals surface area contributed by atoms with Gasteiger partial charge in [-0.1, -0.05) is 42.5 Å². The summed E-state index contributed by atoms with van der Waals surface area (Å²) in [7, 11) is 0. The van der Waals surface area contributed by atoms with Crippen molar-refractivity contribution in [2.45, 2.75) is 18.3 Å². The zero-order valence-electron chi connectivity index (χ0n) is 16.5. The fraction of sp³-hybridized carbons (Fsp3) is 0.208. The molecule has 1 saturated heterocycles. The Bertz CT molecular complexity index is 994. The second-order valence-electron chi connectivity index (χ2n) is 7.15. The van der Waals surface area contributed by atoms with E-state index >= 15 is 0 Å². The largest absolute Gasteiger partial charge is 0.348 e. The predicted molar refractivity (Wildman–Crippen MR) is 119 cm³/mol. The van der Waals surface area contributed by atoms with Gasteiger partial charge in [0.25, 0.3) is 5.91 Å². The van der Waals surface area contributed by atoms with Gasteiger partial charge in [-0.05, 0) is 47.4 Å². The number of amides is 2. The summed E-state index contributed by atoms with van der Waals surface area (Å²) in [6, 6.07) is 21.5. The highest BCUT2D eigenvalue weighted by Gasteiger charge is 2.32. The molecule has 30 heavy (non-hydrogen) atoms. The van der Waals surface area contributed by atoms with Gasteiger partial charge in [-0.3, -0.25) is 14.6 Å². The van der Waals surface area contributed by atoms with Gasteiger partial charge in [0.1, 0.15) is 5.37 Å². The van der Waals surface area contributed by atoms with E-state index in [0.29, 0.717) is 24.4 Å². The van der Waals surface area contributed by atoms with E-state index in [9.17, 15) is 9.59 Å². The van der Waals surface area contributed by atoms with Crippen LogP contribution in [-0.4, -0.2) is 34.0 Å². The van der Waals surface area contributed by atoms with Crippen LogP contribution in [-0.2, 0) is 17.8 Å². The zero-order chi connectivity index (χ0) is 20.8. The summed E-state index contributed by atoms with van der Waals surface area (Å²) in [5.74, 6) is 0.544. The second-order valence-corrected chi connectivity index (χ2v) is 8.21. The van der Waals surface area contributed by atoms with Crippen molar-refractivity contribution in [2.24, 2.45) is 0 Å².